The van der Waals surface area contributed by atoms with Gasteiger partial charge in [-0.2, -0.15) is 0 Å². The van der Waals surface area contributed by atoms with Crippen molar-refractivity contribution in [3.05, 3.63) is 40.0 Å². The predicted octanol–water partition coefficient (Wildman–Crippen LogP) is 4.08. The quantitative estimate of drug-likeness (QED) is 0.666. The van der Waals surface area contributed by atoms with Crippen molar-refractivity contribution < 1.29 is 0 Å². The Kier molecular flexibility index (Phi) is 2.36. The van der Waals surface area contributed by atoms with Crippen LogP contribution in [0.4, 0.5) is 0 Å². The molecule has 16 heavy (non-hydrogen) atoms. The van der Waals surface area contributed by atoms with Gasteiger partial charge in [-0.05, 0) is 50.3 Å². The number of rotatable bonds is 0. The highest BCUT2D eigenvalue weighted by atomic mass is 35.5. The molecule has 0 amide bonds. The third kappa shape index (κ3) is 1.51. The van der Waals surface area contributed by atoms with Crippen LogP contribution in [0.15, 0.2) is 18.2 Å². The van der Waals surface area contributed by atoms with Crippen LogP contribution in [0.1, 0.15) is 29.7 Å². The van der Waals surface area contributed by atoms with E-state index in [2.05, 4.69) is 25.1 Å². The molecular formula is C14H14ClN. The van der Waals surface area contributed by atoms with Gasteiger partial charge >= 0.3 is 0 Å². The van der Waals surface area contributed by atoms with Gasteiger partial charge in [0.1, 0.15) is 0 Å². The first-order valence-corrected chi connectivity index (χ1v) is 6.21. The van der Waals surface area contributed by atoms with Crippen LogP contribution in [0.5, 0.6) is 0 Å². The van der Waals surface area contributed by atoms with Crippen molar-refractivity contribution in [1.29, 1.82) is 0 Å². The van der Waals surface area contributed by atoms with E-state index in [0.29, 0.717) is 0 Å². The second-order valence-electron chi connectivity index (χ2n) is 4.58. The molecule has 82 valence electrons. The Balaban J connectivity index is 2.35. The minimum atomic E-state index is 0.934. The van der Waals surface area contributed by atoms with E-state index in [4.69, 9.17) is 16.6 Å². The fourth-order valence-electron chi connectivity index (χ4n) is 2.48. The normalized spacial score (nSPS) is 15.1. The Bertz CT molecular complexity index is 560. The monoisotopic (exact) mass is 231 g/mol. The fourth-order valence-corrected chi connectivity index (χ4v) is 2.84. The number of hydrogen-bond acceptors (Lipinski definition) is 1. The number of benzene rings is 1. The van der Waals surface area contributed by atoms with E-state index in [0.717, 1.165) is 28.8 Å². The number of aromatic nitrogens is 1. The molecule has 0 bridgehead atoms. The summed E-state index contributed by atoms with van der Waals surface area (Å²) in [6.07, 6.45) is 4.66. The van der Waals surface area contributed by atoms with Crippen molar-refractivity contribution in [1.82, 2.24) is 4.98 Å². The SMILES string of the molecule is Cc1ccc2nc3c(c(Cl)c2c1)CCCC3. The first kappa shape index (κ1) is 10.1. The van der Waals surface area contributed by atoms with E-state index < -0.39 is 0 Å². The third-order valence-electron chi connectivity index (χ3n) is 3.35. The topological polar surface area (TPSA) is 12.9 Å². The number of hydrogen-bond donors (Lipinski definition) is 0. The lowest BCUT2D eigenvalue weighted by Gasteiger charge is -2.17. The van der Waals surface area contributed by atoms with Gasteiger partial charge in [0.25, 0.3) is 0 Å². The lowest BCUT2D eigenvalue weighted by atomic mass is 9.94. The van der Waals surface area contributed by atoms with E-state index in [1.54, 1.807) is 0 Å². The highest BCUT2D eigenvalue weighted by Gasteiger charge is 2.16. The number of pyridine rings is 1. The fraction of sp³-hybridized carbons (Fsp3) is 0.357. The molecule has 0 spiro atoms. The van der Waals surface area contributed by atoms with E-state index in [1.165, 1.54) is 29.7 Å². The number of nitrogens with zero attached hydrogens (tertiary/aromatic N) is 1. The summed E-state index contributed by atoms with van der Waals surface area (Å²) in [6, 6.07) is 6.31. The molecule has 0 saturated carbocycles. The van der Waals surface area contributed by atoms with Gasteiger partial charge in [-0.25, -0.2) is 0 Å². The van der Waals surface area contributed by atoms with E-state index >= 15 is 0 Å². The summed E-state index contributed by atoms with van der Waals surface area (Å²) in [5, 5.41) is 2.05. The molecule has 1 aromatic carbocycles. The van der Waals surface area contributed by atoms with Gasteiger partial charge in [0.15, 0.2) is 0 Å². The highest BCUT2D eigenvalue weighted by molar-refractivity contribution is 6.36. The molecule has 3 rings (SSSR count). The maximum atomic E-state index is 6.49. The lowest BCUT2D eigenvalue weighted by Crippen LogP contribution is -2.06. The van der Waals surface area contributed by atoms with Gasteiger partial charge in [-0.3, -0.25) is 4.98 Å². The van der Waals surface area contributed by atoms with Crippen molar-refractivity contribution in [3.63, 3.8) is 0 Å². The molecule has 0 atom stereocenters. The van der Waals surface area contributed by atoms with E-state index in [-0.39, 0.29) is 0 Å². The Labute approximate surface area is 100 Å². The largest absolute Gasteiger partial charge is 0.252 e. The lowest BCUT2D eigenvalue weighted by molar-refractivity contribution is 0.671. The second kappa shape index (κ2) is 3.74. The van der Waals surface area contributed by atoms with Gasteiger partial charge < -0.3 is 0 Å². The van der Waals surface area contributed by atoms with Crippen LogP contribution >= 0.6 is 11.6 Å². The summed E-state index contributed by atoms with van der Waals surface area (Å²) in [6.45, 7) is 2.09. The predicted molar refractivity (Wildman–Crippen MR) is 68.1 cm³/mol. The van der Waals surface area contributed by atoms with Gasteiger partial charge in [0.05, 0.1) is 10.5 Å². The van der Waals surface area contributed by atoms with Crippen LogP contribution in [0.2, 0.25) is 5.02 Å². The Hall–Kier alpha value is -1.08. The van der Waals surface area contributed by atoms with Crippen LogP contribution in [0.25, 0.3) is 10.9 Å². The van der Waals surface area contributed by atoms with Gasteiger partial charge in [-0.1, -0.05) is 23.2 Å². The third-order valence-corrected chi connectivity index (χ3v) is 3.78. The standard InChI is InChI=1S/C14H14ClN/c1-9-6-7-13-11(8-9)14(15)10-4-2-3-5-12(10)16-13/h6-8H,2-5H2,1H3. The van der Waals surface area contributed by atoms with Crippen LogP contribution in [-0.2, 0) is 12.8 Å². The summed E-state index contributed by atoms with van der Waals surface area (Å²) >= 11 is 6.49. The minimum absolute atomic E-state index is 0.934. The molecule has 0 aliphatic heterocycles. The molecule has 1 aromatic heterocycles. The molecule has 1 aliphatic rings. The summed E-state index contributed by atoms with van der Waals surface area (Å²) in [5.41, 5.74) is 4.78. The number of aryl methyl sites for hydroxylation is 2. The molecule has 1 nitrogen and oxygen atoms in total. The smallest absolute Gasteiger partial charge is 0.0720 e. The Morgan fingerprint density at radius 3 is 2.88 bits per heavy atom. The molecule has 0 saturated heterocycles. The zero-order chi connectivity index (χ0) is 11.1. The van der Waals surface area contributed by atoms with Crippen molar-refractivity contribution in [2.75, 3.05) is 0 Å². The first-order chi connectivity index (χ1) is 7.75. The van der Waals surface area contributed by atoms with Crippen LogP contribution in [-0.4, -0.2) is 4.98 Å². The van der Waals surface area contributed by atoms with E-state index in [1.807, 2.05) is 0 Å². The molecule has 1 heterocycles. The van der Waals surface area contributed by atoms with Crippen molar-refractivity contribution in [2.24, 2.45) is 0 Å². The molecular weight excluding hydrogens is 218 g/mol. The van der Waals surface area contributed by atoms with Crippen molar-refractivity contribution >= 4 is 22.5 Å². The molecule has 0 radical (unpaired) electrons. The van der Waals surface area contributed by atoms with Gasteiger partial charge in [0.2, 0.25) is 0 Å². The molecule has 2 heteroatoms. The summed E-state index contributed by atoms with van der Waals surface area (Å²) in [5.74, 6) is 0. The zero-order valence-electron chi connectivity index (χ0n) is 9.39. The molecule has 2 aromatic rings. The first-order valence-electron chi connectivity index (χ1n) is 5.83. The van der Waals surface area contributed by atoms with Crippen molar-refractivity contribution in [3.8, 4) is 0 Å². The summed E-state index contributed by atoms with van der Waals surface area (Å²) < 4.78 is 0. The van der Waals surface area contributed by atoms with Crippen molar-refractivity contribution in [2.45, 2.75) is 32.6 Å². The number of halogens is 1. The molecule has 0 N–H and O–H groups in total. The minimum Gasteiger partial charge on any atom is -0.252 e. The number of fused-ring (bicyclic) bond motifs is 2. The highest BCUT2D eigenvalue weighted by Crippen LogP contribution is 2.33. The van der Waals surface area contributed by atoms with Gasteiger partial charge in [0, 0.05) is 11.1 Å². The van der Waals surface area contributed by atoms with Gasteiger partial charge in [-0.15, -0.1) is 0 Å². The summed E-state index contributed by atoms with van der Waals surface area (Å²) in [7, 11) is 0. The molecule has 0 fully saturated rings. The summed E-state index contributed by atoms with van der Waals surface area (Å²) in [4.78, 5) is 4.73. The van der Waals surface area contributed by atoms with Crippen LogP contribution in [0, 0.1) is 6.92 Å². The zero-order valence-corrected chi connectivity index (χ0v) is 10.1. The second-order valence-corrected chi connectivity index (χ2v) is 4.96. The maximum Gasteiger partial charge on any atom is 0.0720 e. The van der Waals surface area contributed by atoms with Crippen LogP contribution in [0.3, 0.4) is 0 Å². The van der Waals surface area contributed by atoms with Crippen LogP contribution < -0.4 is 0 Å². The molecule has 1 aliphatic carbocycles. The van der Waals surface area contributed by atoms with E-state index in [9.17, 15) is 0 Å². The average Bonchev–Trinajstić information content (AvgIpc) is 2.31. The maximum absolute atomic E-state index is 6.49. The Morgan fingerprint density at radius 1 is 1.19 bits per heavy atom. The average molecular weight is 232 g/mol. The molecule has 0 unspecified atom stereocenters. The Morgan fingerprint density at radius 2 is 2.00 bits per heavy atom.